The minimum absolute atomic E-state index is 0.0249. The van der Waals surface area contributed by atoms with E-state index in [4.69, 9.17) is 11.6 Å². The molecule has 1 N–H and O–H groups in total. The Balaban J connectivity index is 2.88. The van der Waals surface area contributed by atoms with Gasteiger partial charge in [0, 0.05) is 17.5 Å². The number of halogens is 1. The van der Waals surface area contributed by atoms with Crippen molar-refractivity contribution in [1.82, 2.24) is 5.32 Å². The molecule has 88 valence electrons. The van der Waals surface area contributed by atoms with Crippen LogP contribution in [0.5, 0.6) is 0 Å². The van der Waals surface area contributed by atoms with Crippen molar-refractivity contribution < 1.29 is 4.79 Å². The molecule has 16 heavy (non-hydrogen) atoms. The predicted molar refractivity (Wildman–Crippen MR) is 68.2 cm³/mol. The van der Waals surface area contributed by atoms with Crippen molar-refractivity contribution in [2.24, 2.45) is 0 Å². The SMILES string of the molecule is CCC(CCl)NC(=O)c1c(C)cccc1C. The summed E-state index contributed by atoms with van der Waals surface area (Å²) in [4.78, 5) is 12.0. The topological polar surface area (TPSA) is 29.1 Å². The van der Waals surface area contributed by atoms with Crippen LogP contribution in [0.25, 0.3) is 0 Å². The van der Waals surface area contributed by atoms with E-state index in [9.17, 15) is 4.79 Å². The molecule has 2 nitrogen and oxygen atoms in total. The number of alkyl halides is 1. The lowest BCUT2D eigenvalue weighted by Crippen LogP contribution is -2.36. The largest absolute Gasteiger partial charge is 0.348 e. The number of rotatable bonds is 4. The zero-order chi connectivity index (χ0) is 12.1. The van der Waals surface area contributed by atoms with Gasteiger partial charge in [-0.25, -0.2) is 0 Å². The molecule has 0 heterocycles. The van der Waals surface area contributed by atoms with Crippen molar-refractivity contribution >= 4 is 17.5 Å². The van der Waals surface area contributed by atoms with Crippen LogP contribution in [0.4, 0.5) is 0 Å². The Labute approximate surface area is 102 Å². The standard InChI is InChI=1S/C13H18ClNO/c1-4-11(8-14)15-13(16)12-9(2)6-5-7-10(12)3/h5-7,11H,4,8H2,1-3H3,(H,15,16). The third-order valence-electron chi connectivity index (χ3n) is 2.72. The zero-order valence-electron chi connectivity index (χ0n) is 10.0. The van der Waals surface area contributed by atoms with E-state index in [-0.39, 0.29) is 11.9 Å². The average molecular weight is 240 g/mol. The van der Waals surface area contributed by atoms with Gasteiger partial charge < -0.3 is 5.32 Å². The van der Waals surface area contributed by atoms with Crippen LogP contribution in [0.15, 0.2) is 18.2 Å². The minimum atomic E-state index is -0.0249. The molecule has 0 radical (unpaired) electrons. The van der Waals surface area contributed by atoms with Crippen LogP contribution in [0.3, 0.4) is 0 Å². The lowest BCUT2D eigenvalue weighted by atomic mass is 10.0. The first-order valence-corrected chi connectivity index (χ1v) is 6.06. The van der Waals surface area contributed by atoms with Crippen molar-refractivity contribution in [2.45, 2.75) is 33.2 Å². The number of carbonyl (C=O) groups excluding carboxylic acids is 1. The van der Waals surface area contributed by atoms with Gasteiger partial charge in [0.1, 0.15) is 0 Å². The molecule has 0 aromatic heterocycles. The molecule has 1 atom stereocenters. The highest BCUT2D eigenvalue weighted by atomic mass is 35.5. The van der Waals surface area contributed by atoms with E-state index < -0.39 is 0 Å². The summed E-state index contributed by atoms with van der Waals surface area (Å²) in [5.41, 5.74) is 2.77. The van der Waals surface area contributed by atoms with Crippen LogP contribution in [0, 0.1) is 13.8 Å². The molecule has 0 aliphatic rings. The molecule has 3 heteroatoms. The van der Waals surface area contributed by atoms with E-state index in [2.05, 4.69) is 5.32 Å². The monoisotopic (exact) mass is 239 g/mol. The maximum absolute atomic E-state index is 12.0. The Kier molecular flexibility index (Phi) is 4.81. The third-order valence-corrected chi connectivity index (χ3v) is 3.09. The Morgan fingerprint density at radius 1 is 1.38 bits per heavy atom. The fourth-order valence-corrected chi connectivity index (χ4v) is 1.98. The Bertz CT molecular complexity index is 352. The molecule has 0 aliphatic carbocycles. The predicted octanol–water partition coefficient (Wildman–Crippen LogP) is 3.05. The Morgan fingerprint density at radius 2 is 1.94 bits per heavy atom. The lowest BCUT2D eigenvalue weighted by molar-refractivity contribution is 0.0938. The molecule has 1 unspecified atom stereocenters. The molecule has 0 saturated carbocycles. The molecule has 0 aliphatic heterocycles. The van der Waals surface area contributed by atoms with Crippen LogP contribution in [-0.4, -0.2) is 17.8 Å². The number of hydrogen-bond donors (Lipinski definition) is 1. The zero-order valence-corrected chi connectivity index (χ0v) is 10.8. The first kappa shape index (κ1) is 13.0. The molecular weight excluding hydrogens is 222 g/mol. The van der Waals surface area contributed by atoms with Gasteiger partial charge in [0.25, 0.3) is 5.91 Å². The van der Waals surface area contributed by atoms with Gasteiger partial charge in [-0.3, -0.25) is 4.79 Å². The van der Waals surface area contributed by atoms with Crippen LogP contribution in [-0.2, 0) is 0 Å². The second-order valence-electron chi connectivity index (χ2n) is 4.00. The Hall–Kier alpha value is -1.02. The van der Waals surface area contributed by atoms with Crippen LogP contribution < -0.4 is 5.32 Å². The summed E-state index contributed by atoms with van der Waals surface area (Å²) in [6.45, 7) is 5.91. The summed E-state index contributed by atoms with van der Waals surface area (Å²) in [5, 5.41) is 2.94. The van der Waals surface area contributed by atoms with Crippen LogP contribution in [0.1, 0.15) is 34.8 Å². The number of carbonyl (C=O) groups is 1. The van der Waals surface area contributed by atoms with Gasteiger partial charge in [-0.1, -0.05) is 25.1 Å². The van der Waals surface area contributed by atoms with Crippen LogP contribution >= 0.6 is 11.6 Å². The van der Waals surface area contributed by atoms with Crippen LogP contribution in [0.2, 0.25) is 0 Å². The highest BCUT2D eigenvalue weighted by molar-refractivity contribution is 6.18. The number of nitrogens with one attached hydrogen (secondary N) is 1. The smallest absolute Gasteiger partial charge is 0.252 e. The molecule has 0 spiro atoms. The molecule has 1 amide bonds. The minimum Gasteiger partial charge on any atom is -0.348 e. The number of amides is 1. The Morgan fingerprint density at radius 3 is 2.38 bits per heavy atom. The fraction of sp³-hybridized carbons (Fsp3) is 0.462. The van der Waals surface area contributed by atoms with Gasteiger partial charge in [0.2, 0.25) is 0 Å². The second kappa shape index (κ2) is 5.90. The number of aryl methyl sites for hydroxylation is 2. The lowest BCUT2D eigenvalue weighted by Gasteiger charge is -2.16. The van der Waals surface area contributed by atoms with Gasteiger partial charge in [-0.2, -0.15) is 0 Å². The normalized spacial score (nSPS) is 12.2. The third kappa shape index (κ3) is 2.99. The maximum Gasteiger partial charge on any atom is 0.252 e. The summed E-state index contributed by atoms with van der Waals surface area (Å²) in [6.07, 6.45) is 0.847. The summed E-state index contributed by atoms with van der Waals surface area (Å²) in [7, 11) is 0. The van der Waals surface area contributed by atoms with Gasteiger partial charge >= 0.3 is 0 Å². The van der Waals surface area contributed by atoms with E-state index in [0.29, 0.717) is 5.88 Å². The molecule has 0 saturated heterocycles. The van der Waals surface area contributed by atoms with Gasteiger partial charge in [-0.15, -0.1) is 11.6 Å². The molecule has 1 rings (SSSR count). The molecule has 0 bridgehead atoms. The number of benzene rings is 1. The van der Waals surface area contributed by atoms with Crippen molar-refractivity contribution in [1.29, 1.82) is 0 Å². The van der Waals surface area contributed by atoms with E-state index in [1.165, 1.54) is 0 Å². The average Bonchev–Trinajstić information content (AvgIpc) is 2.25. The van der Waals surface area contributed by atoms with Crippen molar-refractivity contribution in [3.63, 3.8) is 0 Å². The molecule has 1 aromatic carbocycles. The molecule has 0 fully saturated rings. The van der Waals surface area contributed by atoms with Crippen molar-refractivity contribution in [3.8, 4) is 0 Å². The van der Waals surface area contributed by atoms with E-state index in [0.717, 1.165) is 23.1 Å². The number of hydrogen-bond acceptors (Lipinski definition) is 1. The summed E-state index contributed by atoms with van der Waals surface area (Å²) >= 11 is 5.76. The quantitative estimate of drug-likeness (QED) is 0.804. The second-order valence-corrected chi connectivity index (χ2v) is 4.31. The highest BCUT2D eigenvalue weighted by Crippen LogP contribution is 2.13. The fourth-order valence-electron chi connectivity index (χ4n) is 1.68. The first-order valence-electron chi connectivity index (χ1n) is 5.53. The van der Waals surface area contributed by atoms with Gasteiger partial charge in [0.15, 0.2) is 0 Å². The van der Waals surface area contributed by atoms with Gasteiger partial charge in [-0.05, 0) is 31.4 Å². The van der Waals surface area contributed by atoms with E-state index >= 15 is 0 Å². The van der Waals surface area contributed by atoms with E-state index in [1.807, 2.05) is 39.0 Å². The molecule has 1 aromatic rings. The van der Waals surface area contributed by atoms with Crippen molar-refractivity contribution in [2.75, 3.05) is 5.88 Å². The summed E-state index contributed by atoms with van der Waals surface area (Å²) in [6, 6.07) is 5.90. The van der Waals surface area contributed by atoms with E-state index in [1.54, 1.807) is 0 Å². The van der Waals surface area contributed by atoms with Crippen molar-refractivity contribution in [3.05, 3.63) is 34.9 Å². The summed E-state index contributed by atoms with van der Waals surface area (Å²) < 4.78 is 0. The highest BCUT2D eigenvalue weighted by Gasteiger charge is 2.14. The van der Waals surface area contributed by atoms with Gasteiger partial charge in [0.05, 0.1) is 0 Å². The first-order chi connectivity index (χ1) is 7.60. The summed E-state index contributed by atoms with van der Waals surface area (Å²) in [5.74, 6) is 0.427. The maximum atomic E-state index is 12.0. The molecular formula is C13H18ClNO.